The lowest BCUT2D eigenvalue weighted by molar-refractivity contribution is 0.313. The zero-order chi connectivity index (χ0) is 19.7. The van der Waals surface area contributed by atoms with Crippen LogP contribution in [0.4, 0.5) is 26.1 Å². The molecule has 0 aliphatic carbocycles. The number of halogens is 2. The SMILES string of the molecule is Cc1cc(Nc2ncn(-c3cc(F)cc(F)c3)n2)cc(N2CCN(C)CC2)c1. The van der Waals surface area contributed by atoms with Crippen LogP contribution in [0.25, 0.3) is 5.69 Å². The Bertz CT molecular complexity index is 958. The van der Waals surface area contributed by atoms with Crippen molar-refractivity contribution in [2.75, 3.05) is 43.4 Å². The fourth-order valence-electron chi connectivity index (χ4n) is 3.33. The van der Waals surface area contributed by atoms with Crippen molar-refractivity contribution in [2.24, 2.45) is 0 Å². The van der Waals surface area contributed by atoms with Gasteiger partial charge in [0.2, 0.25) is 5.95 Å². The molecule has 1 fully saturated rings. The van der Waals surface area contributed by atoms with Crippen molar-refractivity contribution in [1.82, 2.24) is 19.7 Å². The van der Waals surface area contributed by atoms with Gasteiger partial charge in [0.1, 0.15) is 18.0 Å². The van der Waals surface area contributed by atoms with E-state index in [-0.39, 0.29) is 5.69 Å². The Kier molecular flexibility index (Phi) is 4.95. The van der Waals surface area contributed by atoms with Crippen LogP contribution in [0.5, 0.6) is 0 Å². The average Bonchev–Trinajstić information content (AvgIpc) is 3.09. The Hall–Kier alpha value is -3.00. The summed E-state index contributed by atoms with van der Waals surface area (Å²) in [5.41, 5.74) is 3.44. The van der Waals surface area contributed by atoms with Gasteiger partial charge in [-0.2, -0.15) is 4.98 Å². The molecule has 0 radical (unpaired) electrons. The Morgan fingerprint density at radius 2 is 1.61 bits per heavy atom. The quantitative estimate of drug-likeness (QED) is 0.748. The van der Waals surface area contributed by atoms with Crippen LogP contribution in [-0.2, 0) is 0 Å². The third kappa shape index (κ3) is 4.12. The highest BCUT2D eigenvalue weighted by molar-refractivity contribution is 5.64. The van der Waals surface area contributed by atoms with E-state index in [0.717, 1.165) is 49.2 Å². The second kappa shape index (κ2) is 7.55. The number of rotatable bonds is 4. The first-order valence-corrected chi connectivity index (χ1v) is 9.17. The summed E-state index contributed by atoms with van der Waals surface area (Å²) in [6.45, 7) is 6.08. The van der Waals surface area contributed by atoms with Crippen molar-refractivity contribution >= 4 is 17.3 Å². The Balaban J connectivity index is 1.54. The Morgan fingerprint density at radius 3 is 2.32 bits per heavy atom. The van der Waals surface area contributed by atoms with Gasteiger partial charge in [-0.1, -0.05) is 0 Å². The summed E-state index contributed by atoms with van der Waals surface area (Å²) in [7, 11) is 2.13. The molecule has 1 aromatic heterocycles. The van der Waals surface area contributed by atoms with Crippen LogP contribution in [0.1, 0.15) is 5.56 Å². The average molecular weight is 384 g/mol. The molecule has 0 spiro atoms. The minimum absolute atomic E-state index is 0.278. The molecule has 1 aliphatic rings. The summed E-state index contributed by atoms with van der Waals surface area (Å²) in [5, 5.41) is 7.47. The molecule has 0 unspecified atom stereocenters. The van der Waals surface area contributed by atoms with Crippen molar-refractivity contribution in [3.8, 4) is 5.69 Å². The van der Waals surface area contributed by atoms with E-state index < -0.39 is 11.6 Å². The lowest BCUT2D eigenvalue weighted by Crippen LogP contribution is -2.44. The van der Waals surface area contributed by atoms with Crippen molar-refractivity contribution in [2.45, 2.75) is 6.92 Å². The monoisotopic (exact) mass is 384 g/mol. The van der Waals surface area contributed by atoms with Crippen molar-refractivity contribution < 1.29 is 8.78 Å². The summed E-state index contributed by atoms with van der Waals surface area (Å²) < 4.78 is 28.2. The molecule has 2 heterocycles. The lowest BCUT2D eigenvalue weighted by Gasteiger charge is -2.34. The van der Waals surface area contributed by atoms with Gasteiger partial charge >= 0.3 is 0 Å². The van der Waals surface area contributed by atoms with E-state index >= 15 is 0 Å². The second-order valence-electron chi connectivity index (χ2n) is 7.11. The number of nitrogens with zero attached hydrogens (tertiary/aromatic N) is 5. The smallest absolute Gasteiger partial charge is 0.246 e. The van der Waals surface area contributed by atoms with Gasteiger partial charge in [0.05, 0.1) is 5.69 Å². The van der Waals surface area contributed by atoms with Crippen LogP contribution in [0.2, 0.25) is 0 Å². The molecule has 1 saturated heterocycles. The maximum atomic E-state index is 13.4. The molecule has 1 N–H and O–H groups in total. The molecule has 3 aromatic rings. The van der Waals surface area contributed by atoms with Gasteiger partial charge in [0.15, 0.2) is 0 Å². The summed E-state index contributed by atoms with van der Waals surface area (Å²) in [4.78, 5) is 8.88. The van der Waals surface area contributed by atoms with E-state index in [0.29, 0.717) is 5.95 Å². The summed E-state index contributed by atoms with van der Waals surface area (Å²) >= 11 is 0. The number of hydrogen-bond acceptors (Lipinski definition) is 5. The Labute approximate surface area is 162 Å². The van der Waals surface area contributed by atoms with Gasteiger partial charge < -0.3 is 15.1 Å². The number of nitrogens with one attached hydrogen (secondary N) is 1. The first-order chi connectivity index (χ1) is 13.5. The Morgan fingerprint density at radius 1 is 0.893 bits per heavy atom. The van der Waals surface area contributed by atoms with Crippen LogP contribution in [0.15, 0.2) is 42.7 Å². The third-order valence-electron chi connectivity index (χ3n) is 4.79. The molecule has 0 amide bonds. The molecular weight excluding hydrogens is 362 g/mol. The topological polar surface area (TPSA) is 49.2 Å². The molecule has 146 valence electrons. The highest BCUT2D eigenvalue weighted by Gasteiger charge is 2.15. The number of likely N-dealkylation sites (N-methyl/N-ethyl adjacent to an activating group) is 1. The molecule has 1 aliphatic heterocycles. The van der Waals surface area contributed by atoms with Gasteiger partial charge in [-0.05, 0) is 49.9 Å². The lowest BCUT2D eigenvalue weighted by atomic mass is 10.1. The maximum absolute atomic E-state index is 13.4. The molecule has 8 heteroatoms. The van der Waals surface area contributed by atoms with Crippen LogP contribution >= 0.6 is 0 Å². The zero-order valence-corrected chi connectivity index (χ0v) is 15.9. The van der Waals surface area contributed by atoms with E-state index in [9.17, 15) is 8.78 Å². The molecule has 4 rings (SSSR count). The predicted octanol–water partition coefficient (Wildman–Crippen LogP) is 3.35. The third-order valence-corrected chi connectivity index (χ3v) is 4.79. The van der Waals surface area contributed by atoms with Gasteiger partial charge in [-0.15, -0.1) is 5.10 Å². The van der Waals surface area contributed by atoms with Crippen molar-refractivity contribution in [3.05, 3.63) is 59.9 Å². The van der Waals surface area contributed by atoms with E-state index in [1.54, 1.807) is 0 Å². The van der Waals surface area contributed by atoms with E-state index in [1.165, 1.54) is 23.1 Å². The summed E-state index contributed by atoms with van der Waals surface area (Å²) in [6.07, 6.45) is 1.42. The fraction of sp³-hybridized carbons (Fsp3) is 0.300. The normalized spacial score (nSPS) is 15.1. The highest BCUT2D eigenvalue weighted by Crippen LogP contribution is 2.25. The van der Waals surface area contributed by atoms with Gasteiger partial charge in [-0.3, -0.25) is 0 Å². The number of piperazine rings is 1. The fourth-order valence-corrected chi connectivity index (χ4v) is 3.33. The second-order valence-corrected chi connectivity index (χ2v) is 7.11. The minimum atomic E-state index is -0.657. The van der Waals surface area contributed by atoms with Crippen LogP contribution < -0.4 is 10.2 Å². The van der Waals surface area contributed by atoms with Crippen LogP contribution in [0.3, 0.4) is 0 Å². The predicted molar refractivity (Wildman–Crippen MR) is 105 cm³/mol. The largest absolute Gasteiger partial charge is 0.369 e. The number of hydrogen-bond donors (Lipinski definition) is 1. The first-order valence-electron chi connectivity index (χ1n) is 9.17. The summed E-state index contributed by atoms with van der Waals surface area (Å²) in [6, 6.07) is 9.49. The van der Waals surface area contributed by atoms with E-state index in [2.05, 4.69) is 44.4 Å². The zero-order valence-electron chi connectivity index (χ0n) is 15.9. The van der Waals surface area contributed by atoms with Crippen molar-refractivity contribution in [1.29, 1.82) is 0 Å². The van der Waals surface area contributed by atoms with Gasteiger partial charge in [-0.25, -0.2) is 13.5 Å². The number of aryl methyl sites for hydroxylation is 1. The highest BCUT2D eigenvalue weighted by atomic mass is 19.1. The summed E-state index contributed by atoms with van der Waals surface area (Å²) in [5.74, 6) is -0.953. The number of anilines is 3. The van der Waals surface area contributed by atoms with Gasteiger partial charge in [0, 0.05) is 43.6 Å². The standard InChI is InChI=1S/C20H22F2N6/c1-14-7-17(12-18(8-14)27-5-3-26(2)4-6-27)24-20-23-13-28(25-20)19-10-15(21)9-16(22)11-19/h7-13H,3-6H2,1-2H3,(H,24,25). The molecule has 0 saturated carbocycles. The minimum Gasteiger partial charge on any atom is -0.369 e. The molecule has 0 atom stereocenters. The molecular formula is C20H22F2N6. The first kappa shape index (κ1) is 18.4. The molecule has 28 heavy (non-hydrogen) atoms. The van der Waals surface area contributed by atoms with Crippen LogP contribution in [0, 0.1) is 18.6 Å². The van der Waals surface area contributed by atoms with E-state index in [4.69, 9.17) is 0 Å². The van der Waals surface area contributed by atoms with E-state index in [1.807, 2.05) is 13.0 Å². The van der Waals surface area contributed by atoms with Gasteiger partial charge in [0.25, 0.3) is 0 Å². The molecule has 2 aromatic carbocycles. The molecule has 0 bridgehead atoms. The molecule has 6 nitrogen and oxygen atoms in total. The maximum Gasteiger partial charge on any atom is 0.246 e. The number of aromatic nitrogens is 3. The van der Waals surface area contributed by atoms with Crippen LogP contribution in [-0.4, -0.2) is 52.9 Å². The van der Waals surface area contributed by atoms with Crippen molar-refractivity contribution in [3.63, 3.8) is 0 Å². The number of benzene rings is 2.